The number of fused-ring (bicyclic) bond motifs is 1. The number of nitrogens with zero attached hydrogens (tertiary/aromatic N) is 1. The van der Waals surface area contributed by atoms with Gasteiger partial charge in [0.1, 0.15) is 5.65 Å². The second kappa shape index (κ2) is 5.79. The Hall–Kier alpha value is -3.05. The number of H-pyrrole nitrogens is 2. The van der Waals surface area contributed by atoms with Gasteiger partial charge >= 0.3 is 5.69 Å². The summed E-state index contributed by atoms with van der Waals surface area (Å²) in [7, 11) is 0. The highest BCUT2D eigenvalue weighted by molar-refractivity contribution is 6.30. The van der Waals surface area contributed by atoms with Crippen molar-refractivity contribution in [1.29, 1.82) is 0 Å². The molecule has 4 rings (SSSR count). The average Bonchev–Trinajstić information content (AvgIpc) is 2.96. The van der Waals surface area contributed by atoms with E-state index in [1.165, 1.54) is 0 Å². The summed E-state index contributed by atoms with van der Waals surface area (Å²) in [6, 6.07) is 17.0. The molecule has 2 heterocycles. The van der Waals surface area contributed by atoms with Crippen LogP contribution in [0.2, 0.25) is 5.02 Å². The first-order chi connectivity index (χ1) is 12.0. The molecule has 0 spiro atoms. The lowest BCUT2D eigenvalue weighted by Gasteiger charge is -2.11. The van der Waals surface area contributed by atoms with E-state index >= 15 is 0 Å². The summed E-state index contributed by atoms with van der Waals surface area (Å²) in [5, 5.41) is 1.04. The molecule has 2 aromatic heterocycles. The van der Waals surface area contributed by atoms with Crippen LogP contribution in [0.5, 0.6) is 0 Å². The smallest absolute Gasteiger partial charge is 0.295 e. The Morgan fingerprint density at radius 2 is 1.60 bits per heavy atom. The maximum atomic E-state index is 12.2. The molecule has 0 atom stereocenters. The zero-order valence-electron chi connectivity index (χ0n) is 13.3. The van der Waals surface area contributed by atoms with Gasteiger partial charge in [-0.3, -0.25) is 19.3 Å². The molecule has 6 heteroatoms. The van der Waals surface area contributed by atoms with Gasteiger partial charge in [-0.1, -0.05) is 41.4 Å². The van der Waals surface area contributed by atoms with Gasteiger partial charge in [0.05, 0.1) is 11.1 Å². The summed E-state index contributed by atoms with van der Waals surface area (Å²) >= 11 is 5.99. The van der Waals surface area contributed by atoms with Crippen molar-refractivity contribution in [2.45, 2.75) is 6.92 Å². The lowest BCUT2D eigenvalue weighted by Crippen LogP contribution is -2.22. The molecular weight excluding hydrogens is 338 g/mol. The van der Waals surface area contributed by atoms with Crippen molar-refractivity contribution in [3.63, 3.8) is 0 Å². The van der Waals surface area contributed by atoms with Crippen molar-refractivity contribution < 1.29 is 0 Å². The predicted molar refractivity (Wildman–Crippen MR) is 99.7 cm³/mol. The third-order valence-corrected chi connectivity index (χ3v) is 4.39. The summed E-state index contributed by atoms with van der Waals surface area (Å²) < 4.78 is 1.85. The van der Waals surface area contributed by atoms with Crippen molar-refractivity contribution in [2.75, 3.05) is 0 Å². The normalized spacial score (nSPS) is 11.1. The van der Waals surface area contributed by atoms with Crippen LogP contribution >= 0.6 is 11.6 Å². The van der Waals surface area contributed by atoms with Crippen LogP contribution in [-0.2, 0) is 0 Å². The van der Waals surface area contributed by atoms with Crippen LogP contribution in [0.3, 0.4) is 0 Å². The molecule has 2 N–H and O–H groups in total. The van der Waals surface area contributed by atoms with E-state index < -0.39 is 11.2 Å². The second-order valence-corrected chi connectivity index (χ2v) is 6.31. The highest BCUT2D eigenvalue weighted by atomic mass is 35.5. The molecule has 0 fully saturated rings. The molecule has 0 unspecified atom stereocenters. The summed E-state index contributed by atoms with van der Waals surface area (Å²) in [4.78, 5) is 29.0. The monoisotopic (exact) mass is 351 g/mol. The van der Waals surface area contributed by atoms with E-state index in [1.54, 1.807) is 18.2 Å². The van der Waals surface area contributed by atoms with Crippen molar-refractivity contribution in [3.8, 4) is 16.9 Å². The Morgan fingerprint density at radius 3 is 2.28 bits per heavy atom. The van der Waals surface area contributed by atoms with E-state index in [9.17, 15) is 9.59 Å². The van der Waals surface area contributed by atoms with E-state index in [0.29, 0.717) is 16.1 Å². The minimum absolute atomic E-state index is 0.417. The SMILES string of the molecule is Cc1ccc(-c2cc3c(=O)[nH]c(=O)[nH]c3n2-c2ccc(Cl)cc2)cc1. The van der Waals surface area contributed by atoms with E-state index in [0.717, 1.165) is 22.5 Å². The number of rotatable bonds is 2. The van der Waals surface area contributed by atoms with Gasteiger partial charge in [-0.25, -0.2) is 4.79 Å². The van der Waals surface area contributed by atoms with Gasteiger partial charge < -0.3 is 0 Å². The van der Waals surface area contributed by atoms with Crippen LogP contribution in [0.15, 0.2) is 64.2 Å². The van der Waals surface area contributed by atoms with Crippen LogP contribution < -0.4 is 11.2 Å². The molecule has 0 saturated heterocycles. The topological polar surface area (TPSA) is 70.7 Å². The summed E-state index contributed by atoms with van der Waals surface area (Å²) in [5.41, 5.74) is 3.19. The van der Waals surface area contributed by atoms with Crippen LogP contribution in [0.1, 0.15) is 5.56 Å². The summed E-state index contributed by atoms with van der Waals surface area (Å²) in [5.74, 6) is 0. The molecule has 0 amide bonds. The molecule has 5 nitrogen and oxygen atoms in total. The number of aryl methyl sites for hydroxylation is 1. The number of hydrogen-bond acceptors (Lipinski definition) is 2. The fraction of sp³-hybridized carbons (Fsp3) is 0.0526. The van der Waals surface area contributed by atoms with Gasteiger partial charge in [-0.15, -0.1) is 0 Å². The van der Waals surface area contributed by atoms with E-state index in [4.69, 9.17) is 11.6 Å². The van der Waals surface area contributed by atoms with Crippen molar-refractivity contribution in [2.24, 2.45) is 0 Å². The maximum Gasteiger partial charge on any atom is 0.327 e. The molecule has 0 radical (unpaired) electrons. The zero-order valence-corrected chi connectivity index (χ0v) is 14.1. The van der Waals surface area contributed by atoms with Crippen LogP contribution in [0, 0.1) is 6.92 Å². The van der Waals surface area contributed by atoms with Crippen LogP contribution in [-0.4, -0.2) is 14.5 Å². The third-order valence-electron chi connectivity index (χ3n) is 4.14. The number of aromatic nitrogens is 3. The first-order valence-corrected chi connectivity index (χ1v) is 8.12. The Labute approximate surface area is 147 Å². The fourth-order valence-electron chi connectivity index (χ4n) is 2.91. The fourth-order valence-corrected chi connectivity index (χ4v) is 3.04. The van der Waals surface area contributed by atoms with Crippen LogP contribution in [0.4, 0.5) is 0 Å². The second-order valence-electron chi connectivity index (χ2n) is 5.88. The maximum absolute atomic E-state index is 12.2. The van der Waals surface area contributed by atoms with Gasteiger partial charge in [0.15, 0.2) is 0 Å². The first kappa shape index (κ1) is 15.5. The third kappa shape index (κ3) is 2.68. The van der Waals surface area contributed by atoms with E-state index in [1.807, 2.05) is 47.9 Å². The Bertz CT molecular complexity index is 1180. The predicted octanol–water partition coefficient (Wildman–Crippen LogP) is 3.64. The van der Waals surface area contributed by atoms with E-state index in [2.05, 4.69) is 9.97 Å². The number of aromatic amines is 2. The quantitative estimate of drug-likeness (QED) is 0.579. The molecule has 4 aromatic rings. The number of benzene rings is 2. The molecule has 25 heavy (non-hydrogen) atoms. The molecule has 0 saturated carbocycles. The Balaban J connectivity index is 2.11. The van der Waals surface area contributed by atoms with Gasteiger partial charge in [-0.05, 0) is 42.8 Å². The highest BCUT2D eigenvalue weighted by Gasteiger charge is 2.15. The zero-order chi connectivity index (χ0) is 17.6. The summed E-state index contributed by atoms with van der Waals surface area (Å²) in [6.07, 6.45) is 0. The number of nitrogens with one attached hydrogen (secondary N) is 2. The van der Waals surface area contributed by atoms with Crippen LogP contribution in [0.25, 0.3) is 28.0 Å². The molecule has 2 aromatic carbocycles. The lowest BCUT2D eigenvalue weighted by atomic mass is 10.1. The van der Waals surface area contributed by atoms with E-state index in [-0.39, 0.29) is 0 Å². The van der Waals surface area contributed by atoms with Gasteiger partial charge in [0.25, 0.3) is 5.56 Å². The molecule has 124 valence electrons. The Morgan fingerprint density at radius 1 is 0.920 bits per heavy atom. The van der Waals surface area contributed by atoms with Crippen molar-refractivity contribution in [3.05, 3.63) is 86.0 Å². The van der Waals surface area contributed by atoms with Gasteiger partial charge in [-0.2, -0.15) is 0 Å². The van der Waals surface area contributed by atoms with Gasteiger partial charge in [0.2, 0.25) is 0 Å². The molecule has 0 aliphatic heterocycles. The Kier molecular flexibility index (Phi) is 3.58. The highest BCUT2D eigenvalue weighted by Crippen LogP contribution is 2.29. The van der Waals surface area contributed by atoms with Crippen molar-refractivity contribution >= 4 is 22.6 Å². The average molecular weight is 352 g/mol. The molecule has 0 aliphatic carbocycles. The minimum atomic E-state index is -0.540. The number of halogens is 1. The molecule has 0 bridgehead atoms. The molecular formula is C19H14ClN3O2. The lowest BCUT2D eigenvalue weighted by molar-refractivity contribution is 1.03. The number of hydrogen-bond donors (Lipinski definition) is 2. The largest absolute Gasteiger partial charge is 0.327 e. The summed E-state index contributed by atoms with van der Waals surface area (Å²) in [6.45, 7) is 2.01. The first-order valence-electron chi connectivity index (χ1n) is 7.74. The van der Waals surface area contributed by atoms with Gasteiger partial charge in [0, 0.05) is 10.7 Å². The standard InChI is InChI=1S/C19H14ClN3O2/c1-11-2-4-12(5-3-11)16-10-15-17(21-19(25)22-18(15)24)23(16)14-8-6-13(20)7-9-14/h2-10H,1H3,(H2,21,22,24,25). The molecule has 0 aliphatic rings. The minimum Gasteiger partial charge on any atom is -0.295 e. The van der Waals surface area contributed by atoms with Crippen molar-refractivity contribution in [1.82, 2.24) is 14.5 Å².